The maximum Gasteiger partial charge on any atom is 0.320 e. The summed E-state index contributed by atoms with van der Waals surface area (Å²) in [4.78, 5) is 11.0. The quantitative estimate of drug-likeness (QED) is 0.544. The van der Waals surface area contributed by atoms with E-state index in [-0.39, 0.29) is 5.31 Å². The minimum atomic E-state index is -3.52. The summed E-state index contributed by atoms with van der Waals surface area (Å²) in [6.07, 6.45) is -10.1. The lowest BCUT2D eigenvalue weighted by molar-refractivity contribution is -0.140. The fourth-order valence-corrected chi connectivity index (χ4v) is 0.365. The molecule has 1 heterocycles. The van der Waals surface area contributed by atoms with Gasteiger partial charge in [0.25, 0.3) is 0 Å². The molecule has 52 valence electrons. The SMILES string of the molecule is [2H]C1N([2H])C([2H])(C(=O)O)C([2H])([2H])C([2H])([2H])C1([2H])[2H]. The van der Waals surface area contributed by atoms with Crippen molar-refractivity contribution < 1.29 is 22.3 Å². The molecule has 0 saturated carbocycles. The highest BCUT2D eigenvalue weighted by Gasteiger charge is 2.18. The molecule has 0 bridgehead atoms. The molecule has 0 radical (unpaired) electrons. The van der Waals surface area contributed by atoms with E-state index in [1.165, 1.54) is 0 Å². The zero-order valence-electron chi connectivity index (χ0n) is 13.4. The van der Waals surface area contributed by atoms with E-state index in [2.05, 4.69) is 0 Å². The molecule has 1 aliphatic heterocycles. The average molecular weight is 138 g/mol. The largest absolute Gasteiger partial charge is 0.480 e. The van der Waals surface area contributed by atoms with Gasteiger partial charge in [0.05, 0.1) is 1.37 Å². The lowest BCUT2D eigenvalue weighted by Gasteiger charge is -2.18. The molecule has 0 amide bonds. The Kier molecular flexibility index (Phi) is 0.481. The molecule has 0 aliphatic carbocycles. The number of piperidine rings is 1. The third kappa shape index (κ3) is 1.68. The van der Waals surface area contributed by atoms with Crippen LogP contribution in [-0.2, 0) is 4.79 Å². The first-order valence-electron chi connectivity index (χ1n) is 6.72. The van der Waals surface area contributed by atoms with Gasteiger partial charge < -0.3 is 10.4 Å². The van der Waals surface area contributed by atoms with Crippen molar-refractivity contribution in [2.75, 3.05) is 6.52 Å². The molecule has 1 aliphatic rings. The number of hydrogen-bond acceptors (Lipinski definition) is 2. The molecule has 2 unspecified atom stereocenters. The summed E-state index contributed by atoms with van der Waals surface area (Å²) in [5.41, 5.74) is 0. The second-order valence-electron chi connectivity index (χ2n) is 1.31. The van der Waals surface area contributed by atoms with Crippen LogP contribution in [0.15, 0.2) is 0 Å². The first-order valence-corrected chi connectivity index (χ1v) is 2.20. The lowest BCUT2D eigenvalue weighted by atomic mass is 10.1. The van der Waals surface area contributed by atoms with E-state index >= 15 is 0 Å². The zero-order chi connectivity index (χ0) is 14.7. The number of carboxylic acid groups (broad SMARTS) is 1. The molecule has 3 nitrogen and oxygen atoms in total. The van der Waals surface area contributed by atoms with Gasteiger partial charge in [0.15, 0.2) is 0 Å². The minimum Gasteiger partial charge on any atom is -0.480 e. The van der Waals surface area contributed by atoms with Crippen LogP contribution in [0, 0.1) is 0 Å². The van der Waals surface area contributed by atoms with Crippen molar-refractivity contribution in [3.8, 4) is 0 Å². The first-order chi connectivity index (χ1) is 7.76. The number of rotatable bonds is 1. The van der Waals surface area contributed by atoms with E-state index in [4.69, 9.17) is 17.5 Å². The van der Waals surface area contributed by atoms with E-state index < -0.39 is 37.6 Å². The summed E-state index contributed by atoms with van der Waals surface area (Å²) in [6, 6.07) is -3.41. The molecule has 1 rings (SSSR count). The van der Waals surface area contributed by atoms with Crippen LogP contribution in [0.2, 0.25) is 1.41 Å². The Morgan fingerprint density at radius 3 is 3.44 bits per heavy atom. The summed E-state index contributed by atoms with van der Waals surface area (Å²) in [5.74, 6) is -2.15. The number of hydrogen-bond donors (Lipinski definition) is 2. The highest BCUT2D eigenvalue weighted by Crippen LogP contribution is 2.05. The van der Waals surface area contributed by atoms with Gasteiger partial charge in [-0.05, 0) is 19.3 Å². The van der Waals surface area contributed by atoms with Gasteiger partial charge in [0.2, 0.25) is 0 Å². The average Bonchev–Trinajstić information content (AvgIpc) is 2.23. The van der Waals surface area contributed by atoms with Crippen LogP contribution in [0.5, 0.6) is 0 Å². The molecular weight excluding hydrogens is 118 g/mol. The van der Waals surface area contributed by atoms with Gasteiger partial charge in [-0.2, -0.15) is 0 Å². The number of nitrogens with one attached hydrogen (secondary N) is 1. The smallest absolute Gasteiger partial charge is 0.320 e. The fraction of sp³-hybridized carbons (Fsp3) is 0.833. The number of carboxylic acids is 1. The molecule has 0 aromatic carbocycles. The predicted molar refractivity (Wildman–Crippen MR) is 33.3 cm³/mol. The van der Waals surface area contributed by atoms with Crippen molar-refractivity contribution in [3.63, 3.8) is 0 Å². The summed E-state index contributed by atoms with van der Waals surface area (Å²) < 4.78 is 66.5. The van der Waals surface area contributed by atoms with Gasteiger partial charge in [-0.15, -0.1) is 0 Å². The van der Waals surface area contributed by atoms with Gasteiger partial charge in [-0.1, -0.05) is 6.37 Å². The van der Waals surface area contributed by atoms with E-state index in [0.29, 0.717) is 0 Å². The maximum absolute atomic E-state index is 11.0. The molecule has 0 spiro atoms. The van der Waals surface area contributed by atoms with E-state index in [1.807, 2.05) is 0 Å². The molecule has 2 atom stereocenters. The van der Waals surface area contributed by atoms with Gasteiger partial charge in [-0.3, -0.25) is 4.79 Å². The van der Waals surface area contributed by atoms with Crippen LogP contribution in [0.25, 0.3) is 0 Å². The Morgan fingerprint density at radius 1 is 2.00 bits per heavy atom. The highest BCUT2D eigenvalue weighted by atomic mass is 16.4. The molecule has 0 aromatic heterocycles. The number of aliphatic carboxylic acids is 1. The summed E-state index contributed by atoms with van der Waals surface area (Å²) in [6.45, 7) is -2.34. The Hall–Kier alpha value is -0.570. The van der Waals surface area contributed by atoms with Crippen molar-refractivity contribution >= 4 is 5.97 Å². The Morgan fingerprint density at radius 2 is 2.78 bits per heavy atom. The van der Waals surface area contributed by atoms with Crippen LogP contribution in [0.4, 0.5) is 0 Å². The second-order valence-corrected chi connectivity index (χ2v) is 1.31. The molecule has 1 saturated heterocycles. The summed E-state index contributed by atoms with van der Waals surface area (Å²) in [7, 11) is 0. The fourth-order valence-electron chi connectivity index (χ4n) is 0.365. The van der Waals surface area contributed by atoms with E-state index in [9.17, 15) is 4.79 Å². The molecule has 1 fully saturated rings. The van der Waals surface area contributed by atoms with Gasteiger partial charge in [-0.25, -0.2) is 0 Å². The molecule has 3 heteroatoms. The van der Waals surface area contributed by atoms with Crippen LogP contribution in [-0.4, -0.2) is 23.6 Å². The van der Waals surface area contributed by atoms with Gasteiger partial charge in [0, 0.05) is 9.60 Å². The molecule has 9 heavy (non-hydrogen) atoms. The van der Waals surface area contributed by atoms with Crippen LogP contribution >= 0.6 is 0 Å². The van der Waals surface area contributed by atoms with Crippen molar-refractivity contribution in [3.05, 3.63) is 0 Å². The first kappa shape index (κ1) is 1.53. The predicted octanol–water partition coefficient (Wildman–Crippen LogP) is 0.213. The monoisotopic (exact) mass is 138 g/mol. The summed E-state index contributed by atoms with van der Waals surface area (Å²) >= 11 is 0. The van der Waals surface area contributed by atoms with Crippen LogP contribution in [0.1, 0.15) is 30.1 Å². The molecule has 2 N–H and O–H groups in total. The third-order valence-electron chi connectivity index (χ3n) is 0.714. The Balaban J connectivity index is 3.58. The lowest BCUT2D eigenvalue weighted by Crippen LogP contribution is -2.40. The zero-order valence-corrected chi connectivity index (χ0v) is 4.38. The van der Waals surface area contributed by atoms with Crippen molar-refractivity contribution in [1.82, 2.24) is 5.31 Å². The van der Waals surface area contributed by atoms with Crippen LogP contribution < -0.4 is 5.31 Å². The maximum atomic E-state index is 11.0. The van der Waals surface area contributed by atoms with E-state index in [0.717, 1.165) is 0 Å². The Bertz CT molecular complexity index is 385. The third-order valence-corrected chi connectivity index (χ3v) is 0.714. The van der Waals surface area contributed by atoms with Crippen molar-refractivity contribution in [1.29, 1.82) is 0 Å². The number of carbonyl (C=O) groups is 1. The normalized spacial score (nSPS) is 77.8. The van der Waals surface area contributed by atoms with Crippen molar-refractivity contribution in [2.45, 2.75) is 25.1 Å². The van der Waals surface area contributed by atoms with Crippen LogP contribution in [0.3, 0.4) is 0 Å². The minimum absolute atomic E-state index is 0.364. The van der Waals surface area contributed by atoms with E-state index in [1.54, 1.807) is 0 Å². The second kappa shape index (κ2) is 2.82. The highest BCUT2D eigenvalue weighted by molar-refractivity contribution is 5.73. The summed E-state index contributed by atoms with van der Waals surface area (Å²) in [5, 5.41) is 8.50. The van der Waals surface area contributed by atoms with Crippen molar-refractivity contribution in [2.24, 2.45) is 0 Å². The molecular formula is C6H11NO2. The topological polar surface area (TPSA) is 49.3 Å². The standard InChI is InChI=1S/C6H11NO2/c8-6(9)5-3-1-2-4-7-5/h5,7H,1-4H2,(H,8,9)/i1D2,2D2,3D2,4D,5D/hD. The molecule has 0 aromatic rings. The van der Waals surface area contributed by atoms with Gasteiger partial charge >= 0.3 is 5.97 Å². The Labute approximate surface area is 66.8 Å². The van der Waals surface area contributed by atoms with Gasteiger partial charge in [0.1, 0.15) is 7.43 Å².